The van der Waals surface area contributed by atoms with Gasteiger partial charge in [0.1, 0.15) is 0 Å². The number of halogens is 4. The summed E-state index contributed by atoms with van der Waals surface area (Å²) in [6, 6.07) is 0.987. The average Bonchev–Trinajstić information content (AvgIpc) is 2.51. The third kappa shape index (κ3) is 3.01. The molecule has 0 aliphatic carbocycles. The Balaban J connectivity index is 2.69. The summed E-state index contributed by atoms with van der Waals surface area (Å²) in [4.78, 5) is 0. The zero-order chi connectivity index (χ0) is 10.8. The fourth-order valence-corrected chi connectivity index (χ4v) is 1.19. The highest BCUT2D eigenvalue weighted by Gasteiger charge is 2.33. The molecule has 0 spiro atoms. The van der Waals surface area contributed by atoms with Gasteiger partial charge in [-0.05, 0) is 12.0 Å². The third-order valence-corrected chi connectivity index (χ3v) is 2.80. The summed E-state index contributed by atoms with van der Waals surface area (Å²) in [5, 5.41) is 4.18. The first kappa shape index (κ1) is 11.6. The lowest BCUT2D eigenvalue weighted by molar-refractivity contribution is -0.141. The third-order valence-electron chi connectivity index (χ3n) is 1.69. The van der Waals surface area contributed by atoms with Gasteiger partial charge < -0.3 is 0 Å². The van der Waals surface area contributed by atoms with E-state index in [1.54, 1.807) is 0 Å². The zero-order valence-corrected chi connectivity index (χ0v) is 9.14. The van der Waals surface area contributed by atoms with E-state index in [1.807, 2.05) is 6.92 Å². The van der Waals surface area contributed by atoms with Crippen LogP contribution in [0.3, 0.4) is 0 Å². The van der Waals surface area contributed by atoms with Crippen LogP contribution >= 0.6 is 15.9 Å². The summed E-state index contributed by atoms with van der Waals surface area (Å²) in [7, 11) is 0. The number of rotatable bonds is 3. The highest BCUT2D eigenvalue weighted by Crippen LogP contribution is 2.27. The topological polar surface area (TPSA) is 17.8 Å². The molecule has 0 aromatic carbocycles. The van der Waals surface area contributed by atoms with Gasteiger partial charge in [-0.2, -0.15) is 18.3 Å². The van der Waals surface area contributed by atoms with Crippen molar-refractivity contribution in [2.24, 2.45) is 5.92 Å². The lowest BCUT2D eigenvalue weighted by Crippen LogP contribution is -2.12. The monoisotopic (exact) mass is 270 g/mol. The van der Waals surface area contributed by atoms with Crippen molar-refractivity contribution in [2.75, 3.05) is 5.33 Å². The van der Waals surface area contributed by atoms with E-state index < -0.39 is 11.9 Å². The summed E-state index contributed by atoms with van der Waals surface area (Å²) >= 11 is 3.26. The molecule has 2 nitrogen and oxygen atoms in total. The first-order chi connectivity index (χ1) is 6.43. The number of nitrogens with zero attached hydrogens (tertiary/aromatic N) is 2. The highest BCUT2D eigenvalue weighted by molar-refractivity contribution is 9.09. The van der Waals surface area contributed by atoms with E-state index in [9.17, 15) is 13.2 Å². The summed E-state index contributed by atoms with van der Waals surface area (Å²) in [6.07, 6.45) is -3.00. The van der Waals surface area contributed by atoms with Gasteiger partial charge in [-0.3, -0.25) is 4.68 Å². The molecule has 0 fully saturated rings. The molecule has 0 aliphatic heterocycles. The Labute approximate surface area is 88.2 Å². The maximum absolute atomic E-state index is 12.1. The Kier molecular flexibility index (Phi) is 3.58. The van der Waals surface area contributed by atoms with Gasteiger partial charge in [0.2, 0.25) is 0 Å². The van der Waals surface area contributed by atoms with Gasteiger partial charge in [-0.15, -0.1) is 0 Å². The summed E-state index contributed by atoms with van der Waals surface area (Å²) in [5.41, 5.74) is -0.834. The average molecular weight is 271 g/mol. The summed E-state index contributed by atoms with van der Waals surface area (Å²) in [6.45, 7) is 2.42. The Morgan fingerprint density at radius 1 is 1.57 bits per heavy atom. The second-order valence-electron chi connectivity index (χ2n) is 3.18. The van der Waals surface area contributed by atoms with E-state index in [2.05, 4.69) is 21.0 Å². The van der Waals surface area contributed by atoms with Crippen LogP contribution in [-0.2, 0) is 12.7 Å². The predicted octanol–water partition coefficient (Wildman–Crippen LogP) is 2.93. The SMILES string of the molecule is CC(CBr)Cn1ccc(C(F)(F)F)n1. The van der Waals surface area contributed by atoms with Crippen LogP contribution in [0.2, 0.25) is 0 Å². The van der Waals surface area contributed by atoms with Crippen molar-refractivity contribution in [1.82, 2.24) is 9.78 Å². The molecule has 0 saturated heterocycles. The maximum atomic E-state index is 12.1. The van der Waals surface area contributed by atoms with E-state index in [-0.39, 0.29) is 5.92 Å². The molecule has 1 atom stereocenters. The van der Waals surface area contributed by atoms with Crippen molar-refractivity contribution in [3.8, 4) is 0 Å². The van der Waals surface area contributed by atoms with Gasteiger partial charge in [0.15, 0.2) is 5.69 Å². The van der Waals surface area contributed by atoms with Crippen LogP contribution in [0.15, 0.2) is 12.3 Å². The molecule has 0 radical (unpaired) electrons. The molecule has 6 heteroatoms. The number of hydrogen-bond acceptors (Lipinski definition) is 1. The fraction of sp³-hybridized carbons (Fsp3) is 0.625. The van der Waals surface area contributed by atoms with Gasteiger partial charge in [0, 0.05) is 18.1 Å². The van der Waals surface area contributed by atoms with Gasteiger partial charge in [0.25, 0.3) is 0 Å². The Morgan fingerprint density at radius 2 is 2.21 bits per heavy atom. The van der Waals surface area contributed by atoms with Crippen LogP contribution in [-0.4, -0.2) is 15.1 Å². The highest BCUT2D eigenvalue weighted by atomic mass is 79.9. The molecule has 1 rings (SSSR count). The van der Waals surface area contributed by atoms with Crippen LogP contribution in [0.5, 0.6) is 0 Å². The minimum absolute atomic E-state index is 0.260. The molecule has 1 unspecified atom stereocenters. The van der Waals surface area contributed by atoms with Gasteiger partial charge >= 0.3 is 6.18 Å². The quantitative estimate of drug-likeness (QED) is 0.773. The van der Waals surface area contributed by atoms with Crippen molar-refractivity contribution in [1.29, 1.82) is 0 Å². The number of alkyl halides is 4. The van der Waals surface area contributed by atoms with Crippen molar-refractivity contribution in [3.05, 3.63) is 18.0 Å². The molecule has 1 aromatic heterocycles. The van der Waals surface area contributed by atoms with Crippen LogP contribution in [0.1, 0.15) is 12.6 Å². The van der Waals surface area contributed by atoms with E-state index in [4.69, 9.17) is 0 Å². The smallest absolute Gasteiger partial charge is 0.272 e. The molecule has 1 heterocycles. The minimum atomic E-state index is -4.34. The lowest BCUT2D eigenvalue weighted by atomic mass is 10.2. The standard InChI is InChI=1S/C8H10BrF3N2/c1-6(4-9)5-14-3-2-7(13-14)8(10,11)12/h2-3,6H,4-5H2,1H3. The Hall–Kier alpha value is -0.520. The van der Waals surface area contributed by atoms with Crippen LogP contribution < -0.4 is 0 Å². The summed E-state index contributed by atoms with van der Waals surface area (Å²) in [5.74, 6) is 0.260. The summed E-state index contributed by atoms with van der Waals surface area (Å²) < 4.78 is 37.7. The zero-order valence-electron chi connectivity index (χ0n) is 7.55. The lowest BCUT2D eigenvalue weighted by Gasteiger charge is -2.07. The molecule has 14 heavy (non-hydrogen) atoms. The van der Waals surface area contributed by atoms with Crippen LogP contribution in [0.4, 0.5) is 13.2 Å². The molecule has 0 aliphatic rings. The minimum Gasteiger partial charge on any atom is -0.272 e. The van der Waals surface area contributed by atoms with Gasteiger partial charge in [-0.1, -0.05) is 22.9 Å². The molecular weight excluding hydrogens is 261 g/mol. The van der Waals surface area contributed by atoms with E-state index in [0.29, 0.717) is 6.54 Å². The van der Waals surface area contributed by atoms with E-state index in [0.717, 1.165) is 11.4 Å². The molecule has 1 aromatic rings. The fourth-order valence-electron chi connectivity index (χ4n) is 0.983. The molecule has 0 saturated carbocycles. The second kappa shape index (κ2) is 4.33. The van der Waals surface area contributed by atoms with Crippen LogP contribution in [0.25, 0.3) is 0 Å². The maximum Gasteiger partial charge on any atom is 0.435 e. The molecule has 0 bridgehead atoms. The predicted molar refractivity (Wildman–Crippen MR) is 50.2 cm³/mol. The molecular formula is C8H10BrF3N2. The Morgan fingerprint density at radius 3 is 2.64 bits per heavy atom. The first-order valence-corrected chi connectivity index (χ1v) is 5.22. The second-order valence-corrected chi connectivity index (χ2v) is 3.83. The number of hydrogen-bond donors (Lipinski definition) is 0. The number of aromatic nitrogens is 2. The molecule has 0 N–H and O–H groups in total. The molecule has 80 valence electrons. The molecule has 0 amide bonds. The van der Waals surface area contributed by atoms with Gasteiger partial charge in [0.05, 0.1) is 0 Å². The first-order valence-electron chi connectivity index (χ1n) is 4.10. The van der Waals surface area contributed by atoms with Crippen molar-refractivity contribution < 1.29 is 13.2 Å². The van der Waals surface area contributed by atoms with Crippen molar-refractivity contribution >= 4 is 15.9 Å². The van der Waals surface area contributed by atoms with E-state index >= 15 is 0 Å². The van der Waals surface area contributed by atoms with Crippen LogP contribution in [0, 0.1) is 5.92 Å². The Bertz CT molecular complexity index is 295. The van der Waals surface area contributed by atoms with Crippen molar-refractivity contribution in [3.63, 3.8) is 0 Å². The largest absolute Gasteiger partial charge is 0.435 e. The van der Waals surface area contributed by atoms with E-state index in [1.165, 1.54) is 10.9 Å². The van der Waals surface area contributed by atoms with Crippen molar-refractivity contribution in [2.45, 2.75) is 19.6 Å². The van der Waals surface area contributed by atoms with Gasteiger partial charge in [-0.25, -0.2) is 0 Å². The normalized spacial score (nSPS) is 14.4.